The number of nitrogens with zero attached hydrogens (tertiary/aromatic N) is 1. The van der Waals surface area contributed by atoms with Crippen LogP contribution in [0.15, 0.2) is 30.3 Å². The molecule has 1 aliphatic carbocycles. The smallest absolute Gasteiger partial charge is 0.228 e. The second kappa shape index (κ2) is 4.52. The summed E-state index contributed by atoms with van der Waals surface area (Å²) in [7, 11) is 0. The molecule has 90 valence electrons. The lowest BCUT2D eigenvalue weighted by atomic mass is 9.76. The Morgan fingerprint density at radius 2 is 1.88 bits per heavy atom. The van der Waals surface area contributed by atoms with Gasteiger partial charge in [-0.3, -0.25) is 4.79 Å². The molecule has 1 saturated heterocycles. The van der Waals surface area contributed by atoms with Gasteiger partial charge in [-0.05, 0) is 24.8 Å². The number of likely N-dealkylation sites (tertiary alicyclic amines) is 1. The number of hydrogen-bond acceptors (Lipinski definition) is 1. The van der Waals surface area contributed by atoms with E-state index < -0.39 is 0 Å². The predicted molar refractivity (Wildman–Crippen MR) is 67.6 cm³/mol. The molecule has 1 saturated carbocycles. The van der Waals surface area contributed by atoms with Crippen molar-refractivity contribution in [2.45, 2.75) is 38.1 Å². The van der Waals surface area contributed by atoms with Crippen molar-refractivity contribution in [1.29, 1.82) is 0 Å². The van der Waals surface area contributed by atoms with Crippen molar-refractivity contribution in [1.82, 2.24) is 4.90 Å². The zero-order chi connectivity index (χ0) is 11.7. The van der Waals surface area contributed by atoms with Crippen molar-refractivity contribution in [3.63, 3.8) is 0 Å². The van der Waals surface area contributed by atoms with Crippen LogP contribution in [-0.2, 0) is 11.2 Å². The third-order valence-corrected chi connectivity index (χ3v) is 4.21. The maximum absolute atomic E-state index is 11.9. The first-order valence-electron chi connectivity index (χ1n) is 6.70. The van der Waals surface area contributed by atoms with Crippen LogP contribution in [0, 0.1) is 5.92 Å². The highest BCUT2D eigenvalue weighted by Gasteiger charge is 2.47. The van der Waals surface area contributed by atoms with Crippen molar-refractivity contribution in [2.24, 2.45) is 5.92 Å². The van der Waals surface area contributed by atoms with Crippen LogP contribution in [-0.4, -0.2) is 23.4 Å². The second-order valence-electron chi connectivity index (χ2n) is 5.23. The largest absolute Gasteiger partial charge is 0.338 e. The van der Waals surface area contributed by atoms with Crippen LogP contribution >= 0.6 is 0 Å². The lowest BCUT2D eigenvalue weighted by Crippen LogP contribution is -2.62. The minimum Gasteiger partial charge on any atom is -0.338 e. The molecule has 1 aromatic rings. The zero-order valence-electron chi connectivity index (χ0n) is 10.1. The Labute approximate surface area is 103 Å². The molecule has 2 heteroatoms. The monoisotopic (exact) mass is 229 g/mol. The average Bonchev–Trinajstić information content (AvgIpc) is 2.40. The predicted octanol–water partition coefficient (Wildman–Crippen LogP) is 2.63. The summed E-state index contributed by atoms with van der Waals surface area (Å²) in [6.07, 6.45) is 5.90. The lowest BCUT2D eigenvalue weighted by Gasteiger charge is -2.50. The molecule has 17 heavy (non-hydrogen) atoms. The summed E-state index contributed by atoms with van der Waals surface area (Å²) in [4.78, 5) is 14.1. The van der Waals surface area contributed by atoms with E-state index in [2.05, 4.69) is 29.2 Å². The van der Waals surface area contributed by atoms with Crippen LogP contribution in [0.25, 0.3) is 0 Å². The highest BCUT2D eigenvalue weighted by atomic mass is 16.2. The summed E-state index contributed by atoms with van der Waals surface area (Å²) in [6.45, 7) is 0.907. The minimum atomic E-state index is 0.375. The topological polar surface area (TPSA) is 20.3 Å². The number of amides is 1. The summed E-state index contributed by atoms with van der Waals surface area (Å²) in [5.74, 6) is 0.783. The van der Waals surface area contributed by atoms with Crippen molar-refractivity contribution in [2.75, 3.05) is 6.54 Å². The third kappa shape index (κ3) is 1.97. The van der Waals surface area contributed by atoms with Gasteiger partial charge in [0.05, 0.1) is 5.92 Å². The molecule has 0 bridgehead atoms. The van der Waals surface area contributed by atoms with Gasteiger partial charge in [0.15, 0.2) is 0 Å². The van der Waals surface area contributed by atoms with Gasteiger partial charge in [0.25, 0.3) is 0 Å². The molecule has 3 rings (SSSR count). The van der Waals surface area contributed by atoms with E-state index in [1.165, 1.54) is 24.8 Å². The van der Waals surface area contributed by atoms with Gasteiger partial charge in [-0.2, -0.15) is 0 Å². The maximum Gasteiger partial charge on any atom is 0.228 e. The van der Waals surface area contributed by atoms with Gasteiger partial charge < -0.3 is 4.90 Å². The molecule has 0 N–H and O–H groups in total. The number of rotatable bonds is 3. The van der Waals surface area contributed by atoms with E-state index in [0.29, 0.717) is 17.9 Å². The van der Waals surface area contributed by atoms with Crippen LogP contribution in [0.1, 0.15) is 31.2 Å². The number of hydrogen-bond donors (Lipinski definition) is 0. The summed E-state index contributed by atoms with van der Waals surface area (Å²) in [5.41, 5.74) is 1.33. The zero-order valence-corrected chi connectivity index (χ0v) is 10.1. The SMILES string of the molecule is O=C1C2CCCCC2N1CCc1ccccc1. The van der Waals surface area contributed by atoms with E-state index in [9.17, 15) is 4.79 Å². The van der Waals surface area contributed by atoms with Crippen LogP contribution in [0.2, 0.25) is 0 Å². The fourth-order valence-corrected chi connectivity index (χ4v) is 3.24. The molecule has 1 aromatic carbocycles. The van der Waals surface area contributed by atoms with Crippen LogP contribution < -0.4 is 0 Å². The first kappa shape index (κ1) is 10.8. The molecule has 1 heterocycles. The number of carbonyl (C=O) groups is 1. The van der Waals surface area contributed by atoms with Gasteiger partial charge in [-0.15, -0.1) is 0 Å². The molecule has 0 aromatic heterocycles. The highest BCUT2D eigenvalue weighted by Crippen LogP contribution is 2.38. The normalized spacial score (nSPS) is 27.5. The number of carbonyl (C=O) groups excluding carboxylic acids is 1. The molecule has 2 fully saturated rings. The van der Waals surface area contributed by atoms with Gasteiger partial charge in [-0.1, -0.05) is 43.2 Å². The summed E-state index contributed by atoms with van der Waals surface area (Å²) in [6, 6.07) is 11.0. The molecule has 2 nitrogen and oxygen atoms in total. The van der Waals surface area contributed by atoms with Gasteiger partial charge in [0.1, 0.15) is 0 Å². The molecule has 2 unspecified atom stereocenters. The molecule has 1 aliphatic heterocycles. The first-order chi connectivity index (χ1) is 8.36. The Morgan fingerprint density at radius 3 is 2.71 bits per heavy atom. The molecular weight excluding hydrogens is 210 g/mol. The minimum absolute atomic E-state index is 0.375. The Bertz CT molecular complexity index is 401. The van der Waals surface area contributed by atoms with E-state index in [4.69, 9.17) is 0 Å². The van der Waals surface area contributed by atoms with E-state index in [-0.39, 0.29) is 0 Å². The molecule has 0 radical (unpaired) electrons. The summed E-state index contributed by atoms with van der Waals surface area (Å²) in [5, 5.41) is 0. The Hall–Kier alpha value is -1.31. The fraction of sp³-hybridized carbons (Fsp3) is 0.533. The summed E-state index contributed by atoms with van der Waals surface area (Å²) < 4.78 is 0. The number of benzene rings is 1. The Kier molecular flexibility index (Phi) is 2.87. The number of fused-ring (bicyclic) bond motifs is 1. The van der Waals surface area contributed by atoms with Crippen LogP contribution in [0.3, 0.4) is 0 Å². The first-order valence-corrected chi connectivity index (χ1v) is 6.70. The quantitative estimate of drug-likeness (QED) is 0.730. The molecule has 2 atom stereocenters. The standard InChI is InChI=1S/C15H19NO/c17-15-13-8-4-5-9-14(13)16(15)11-10-12-6-2-1-3-7-12/h1-3,6-7,13-14H,4-5,8-11H2. The molecule has 0 spiro atoms. The van der Waals surface area contributed by atoms with E-state index in [1.54, 1.807) is 0 Å². The maximum atomic E-state index is 11.9. The lowest BCUT2D eigenvalue weighted by molar-refractivity contribution is -0.159. The van der Waals surface area contributed by atoms with E-state index >= 15 is 0 Å². The average molecular weight is 229 g/mol. The van der Waals surface area contributed by atoms with Crippen molar-refractivity contribution in [3.8, 4) is 0 Å². The van der Waals surface area contributed by atoms with Gasteiger partial charge in [-0.25, -0.2) is 0 Å². The second-order valence-corrected chi connectivity index (χ2v) is 5.23. The molecule has 2 aliphatic rings. The highest BCUT2D eigenvalue weighted by molar-refractivity contribution is 5.86. The molecular formula is C15H19NO. The van der Waals surface area contributed by atoms with Crippen LogP contribution in [0.5, 0.6) is 0 Å². The van der Waals surface area contributed by atoms with Crippen molar-refractivity contribution >= 4 is 5.91 Å². The van der Waals surface area contributed by atoms with Crippen molar-refractivity contribution in [3.05, 3.63) is 35.9 Å². The summed E-state index contributed by atoms with van der Waals surface area (Å²) >= 11 is 0. The Balaban J connectivity index is 1.58. The van der Waals surface area contributed by atoms with Gasteiger partial charge >= 0.3 is 0 Å². The third-order valence-electron chi connectivity index (χ3n) is 4.21. The van der Waals surface area contributed by atoms with Crippen molar-refractivity contribution < 1.29 is 4.79 Å². The van der Waals surface area contributed by atoms with Gasteiger partial charge in [0.2, 0.25) is 5.91 Å². The Morgan fingerprint density at radius 1 is 1.12 bits per heavy atom. The van der Waals surface area contributed by atoms with E-state index in [0.717, 1.165) is 19.4 Å². The van der Waals surface area contributed by atoms with Crippen LogP contribution in [0.4, 0.5) is 0 Å². The fourth-order valence-electron chi connectivity index (χ4n) is 3.24. The molecule has 1 amide bonds. The van der Waals surface area contributed by atoms with E-state index in [1.807, 2.05) is 6.07 Å². The number of β-lactam (4-membered cyclic amide) rings is 1. The van der Waals surface area contributed by atoms with Gasteiger partial charge in [0, 0.05) is 12.6 Å².